The molecule has 0 aliphatic rings. The second kappa shape index (κ2) is 6.55. The number of hydrogen-bond acceptors (Lipinski definition) is 2. The van der Waals surface area contributed by atoms with Gasteiger partial charge in [-0.05, 0) is 54.6 Å². The molecule has 1 N–H and O–H groups in total. The van der Waals surface area contributed by atoms with E-state index in [0.29, 0.717) is 17.3 Å². The van der Waals surface area contributed by atoms with Crippen molar-refractivity contribution in [3.63, 3.8) is 0 Å². The largest absolute Gasteiger partial charge is 0.459 e. The van der Waals surface area contributed by atoms with E-state index in [1.54, 1.807) is 12.1 Å². The summed E-state index contributed by atoms with van der Waals surface area (Å²) < 4.78 is 19.6. The molecule has 0 saturated heterocycles. The van der Waals surface area contributed by atoms with E-state index in [4.69, 9.17) is 16.0 Å². The van der Waals surface area contributed by atoms with Gasteiger partial charge in [-0.2, -0.15) is 0 Å². The molecular formula is C17H12BrClFNO. The summed E-state index contributed by atoms with van der Waals surface area (Å²) in [5, 5.41) is 3.80. The fraction of sp³-hybridized carbons (Fsp3) is 0.0588. The van der Waals surface area contributed by atoms with Crippen molar-refractivity contribution in [1.82, 2.24) is 0 Å². The zero-order chi connectivity index (χ0) is 15.5. The highest BCUT2D eigenvalue weighted by molar-refractivity contribution is 9.10. The SMILES string of the molecule is Fc1ccc(NCc2ccc(-c3ccc(Br)cc3Cl)o2)cc1. The van der Waals surface area contributed by atoms with Crippen molar-refractivity contribution < 1.29 is 8.81 Å². The Morgan fingerprint density at radius 3 is 2.55 bits per heavy atom. The van der Waals surface area contributed by atoms with Crippen LogP contribution in [0.5, 0.6) is 0 Å². The molecule has 0 aliphatic carbocycles. The molecule has 0 amide bonds. The lowest BCUT2D eigenvalue weighted by Gasteiger charge is -2.04. The Morgan fingerprint density at radius 2 is 1.82 bits per heavy atom. The van der Waals surface area contributed by atoms with Crippen LogP contribution in [-0.4, -0.2) is 0 Å². The molecule has 5 heteroatoms. The fourth-order valence-electron chi connectivity index (χ4n) is 2.06. The summed E-state index contributed by atoms with van der Waals surface area (Å²) in [6.45, 7) is 0.514. The van der Waals surface area contributed by atoms with Gasteiger partial charge in [-0.1, -0.05) is 27.5 Å². The molecule has 0 aliphatic heterocycles. The summed E-state index contributed by atoms with van der Waals surface area (Å²) in [5.41, 5.74) is 1.68. The summed E-state index contributed by atoms with van der Waals surface area (Å²) in [6, 6.07) is 15.6. The van der Waals surface area contributed by atoms with Gasteiger partial charge in [-0.15, -0.1) is 0 Å². The first kappa shape index (κ1) is 15.1. The second-order valence-corrected chi connectivity index (χ2v) is 6.07. The molecule has 0 spiro atoms. The maximum atomic E-state index is 12.8. The van der Waals surface area contributed by atoms with Crippen molar-refractivity contribution in [3.05, 3.63) is 75.7 Å². The maximum absolute atomic E-state index is 12.8. The molecule has 0 atom stereocenters. The van der Waals surface area contributed by atoms with Gasteiger partial charge in [0, 0.05) is 15.7 Å². The van der Waals surface area contributed by atoms with Crippen LogP contribution in [0, 0.1) is 5.82 Å². The third kappa shape index (κ3) is 3.51. The van der Waals surface area contributed by atoms with E-state index in [0.717, 1.165) is 21.5 Å². The zero-order valence-electron chi connectivity index (χ0n) is 11.4. The Labute approximate surface area is 141 Å². The Morgan fingerprint density at radius 1 is 1.05 bits per heavy atom. The van der Waals surface area contributed by atoms with Gasteiger partial charge in [0.1, 0.15) is 17.3 Å². The minimum atomic E-state index is -0.254. The second-order valence-electron chi connectivity index (χ2n) is 4.75. The van der Waals surface area contributed by atoms with E-state index in [9.17, 15) is 4.39 Å². The molecular weight excluding hydrogens is 369 g/mol. The van der Waals surface area contributed by atoms with Crippen LogP contribution < -0.4 is 5.32 Å². The third-order valence-corrected chi connectivity index (χ3v) is 3.98. The number of benzene rings is 2. The Hall–Kier alpha value is -1.78. The fourth-order valence-corrected chi connectivity index (χ4v) is 2.83. The Kier molecular flexibility index (Phi) is 4.50. The van der Waals surface area contributed by atoms with Crippen LogP contribution in [0.4, 0.5) is 10.1 Å². The average molecular weight is 381 g/mol. The van der Waals surface area contributed by atoms with E-state index in [2.05, 4.69) is 21.2 Å². The first-order chi connectivity index (χ1) is 10.6. The van der Waals surface area contributed by atoms with E-state index in [-0.39, 0.29) is 5.82 Å². The maximum Gasteiger partial charge on any atom is 0.135 e. The van der Waals surface area contributed by atoms with Gasteiger partial charge in [0.25, 0.3) is 0 Å². The van der Waals surface area contributed by atoms with Crippen LogP contribution in [0.3, 0.4) is 0 Å². The topological polar surface area (TPSA) is 25.2 Å². The molecule has 0 radical (unpaired) electrons. The predicted molar refractivity (Wildman–Crippen MR) is 90.6 cm³/mol. The molecule has 2 aromatic carbocycles. The number of hydrogen-bond donors (Lipinski definition) is 1. The lowest BCUT2D eigenvalue weighted by atomic mass is 10.2. The molecule has 0 fully saturated rings. The molecule has 0 saturated carbocycles. The highest BCUT2D eigenvalue weighted by Gasteiger charge is 2.09. The average Bonchev–Trinajstić information content (AvgIpc) is 2.95. The minimum Gasteiger partial charge on any atom is -0.459 e. The zero-order valence-corrected chi connectivity index (χ0v) is 13.8. The molecule has 1 aromatic heterocycles. The lowest BCUT2D eigenvalue weighted by Crippen LogP contribution is -1.97. The van der Waals surface area contributed by atoms with Gasteiger partial charge in [0.15, 0.2) is 0 Å². The molecule has 22 heavy (non-hydrogen) atoms. The van der Waals surface area contributed by atoms with E-state index >= 15 is 0 Å². The van der Waals surface area contributed by atoms with Crippen molar-refractivity contribution in [2.45, 2.75) is 6.54 Å². The molecule has 2 nitrogen and oxygen atoms in total. The van der Waals surface area contributed by atoms with Gasteiger partial charge in [-0.25, -0.2) is 4.39 Å². The van der Waals surface area contributed by atoms with Crippen molar-refractivity contribution in [2.24, 2.45) is 0 Å². The molecule has 0 bridgehead atoms. The van der Waals surface area contributed by atoms with Crippen molar-refractivity contribution in [2.75, 3.05) is 5.32 Å². The van der Waals surface area contributed by atoms with E-state index in [1.807, 2.05) is 30.3 Å². The number of furan rings is 1. The van der Waals surface area contributed by atoms with Gasteiger partial charge in [0.05, 0.1) is 11.6 Å². The summed E-state index contributed by atoms with van der Waals surface area (Å²) in [4.78, 5) is 0. The summed E-state index contributed by atoms with van der Waals surface area (Å²) in [7, 11) is 0. The van der Waals surface area contributed by atoms with Crippen molar-refractivity contribution in [1.29, 1.82) is 0 Å². The number of nitrogens with one attached hydrogen (secondary N) is 1. The van der Waals surface area contributed by atoms with Crippen LogP contribution in [0.2, 0.25) is 5.02 Å². The molecule has 0 unspecified atom stereocenters. The molecule has 3 aromatic rings. The third-order valence-electron chi connectivity index (χ3n) is 3.17. The Bertz CT molecular complexity index is 786. The van der Waals surface area contributed by atoms with Crippen LogP contribution >= 0.6 is 27.5 Å². The van der Waals surface area contributed by atoms with E-state index < -0.39 is 0 Å². The first-order valence-electron chi connectivity index (χ1n) is 6.65. The minimum absolute atomic E-state index is 0.254. The Balaban J connectivity index is 1.72. The predicted octanol–water partition coefficient (Wildman–Crippen LogP) is 6.11. The van der Waals surface area contributed by atoms with Gasteiger partial charge < -0.3 is 9.73 Å². The summed E-state index contributed by atoms with van der Waals surface area (Å²) >= 11 is 9.60. The number of rotatable bonds is 4. The van der Waals surface area contributed by atoms with Crippen LogP contribution in [0.25, 0.3) is 11.3 Å². The normalized spacial score (nSPS) is 10.7. The highest BCUT2D eigenvalue weighted by Crippen LogP contribution is 2.31. The molecule has 112 valence electrons. The summed E-state index contributed by atoms with van der Waals surface area (Å²) in [5.74, 6) is 1.24. The first-order valence-corrected chi connectivity index (χ1v) is 7.82. The highest BCUT2D eigenvalue weighted by atomic mass is 79.9. The standard InChI is InChI=1S/C17H12BrClFNO/c18-11-1-7-15(16(19)9-11)17-8-6-14(22-17)10-21-13-4-2-12(20)3-5-13/h1-9,21H,10H2. The van der Waals surface area contributed by atoms with Crippen LogP contribution in [-0.2, 0) is 6.54 Å². The van der Waals surface area contributed by atoms with Crippen LogP contribution in [0.15, 0.2) is 63.5 Å². The molecule has 1 heterocycles. The van der Waals surface area contributed by atoms with Crippen molar-refractivity contribution >= 4 is 33.2 Å². The molecule has 3 rings (SSSR count). The monoisotopic (exact) mass is 379 g/mol. The van der Waals surface area contributed by atoms with Crippen LogP contribution in [0.1, 0.15) is 5.76 Å². The van der Waals surface area contributed by atoms with E-state index in [1.165, 1.54) is 12.1 Å². The lowest BCUT2D eigenvalue weighted by molar-refractivity contribution is 0.531. The smallest absolute Gasteiger partial charge is 0.135 e. The number of halogens is 3. The van der Waals surface area contributed by atoms with Gasteiger partial charge in [0.2, 0.25) is 0 Å². The van der Waals surface area contributed by atoms with Gasteiger partial charge in [-0.3, -0.25) is 0 Å². The summed E-state index contributed by atoms with van der Waals surface area (Å²) in [6.07, 6.45) is 0. The van der Waals surface area contributed by atoms with Gasteiger partial charge >= 0.3 is 0 Å². The van der Waals surface area contributed by atoms with Crippen molar-refractivity contribution in [3.8, 4) is 11.3 Å². The number of anilines is 1. The quantitative estimate of drug-likeness (QED) is 0.590.